The molecule has 4 nitrogen and oxygen atoms in total. The number of hydrogen-bond acceptors (Lipinski definition) is 3. The molecule has 0 atom stereocenters. The van der Waals surface area contributed by atoms with Crippen LogP contribution in [0.1, 0.15) is 26.3 Å². The van der Waals surface area contributed by atoms with Crippen LogP contribution in [0.25, 0.3) is 0 Å². The molecule has 1 aromatic carbocycles. The van der Waals surface area contributed by atoms with Gasteiger partial charge in [0.25, 0.3) is 0 Å². The first kappa shape index (κ1) is 14.4. The number of halogens is 1. The molecule has 0 aromatic heterocycles. The molecule has 0 saturated heterocycles. The number of benzene rings is 1. The van der Waals surface area contributed by atoms with E-state index in [2.05, 4.69) is 4.72 Å². The first-order chi connectivity index (χ1) is 7.65. The van der Waals surface area contributed by atoms with Gasteiger partial charge in [-0.1, -0.05) is 11.6 Å². The molecule has 0 radical (unpaired) electrons. The second-order valence-corrected chi connectivity index (χ2v) is 6.90. The van der Waals surface area contributed by atoms with Gasteiger partial charge >= 0.3 is 0 Å². The third-order valence-corrected chi connectivity index (χ3v) is 4.07. The fraction of sp³-hybridized carbons (Fsp3) is 0.455. The predicted octanol–water partition coefficient (Wildman–Crippen LogP) is 1.88. The maximum absolute atomic E-state index is 12.1. The zero-order valence-corrected chi connectivity index (χ0v) is 11.7. The van der Waals surface area contributed by atoms with E-state index in [1.807, 2.05) is 0 Å². The lowest BCUT2D eigenvalue weighted by atomic mass is 10.1. The molecule has 0 fully saturated rings. The molecule has 0 saturated carbocycles. The van der Waals surface area contributed by atoms with E-state index in [1.165, 1.54) is 12.1 Å². The van der Waals surface area contributed by atoms with Gasteiger partial charge in [0.2, 0.25) is 10.0 Å². The van der Waals surface area contributed by atoms with Gasteiger partial charge in [0.05, 0.1) is 4.90 Å². The molecule has 6 heteroatoms. The molecule has 0 aliphatic heterocycles. The number of hydrogen-bond donors (Lipinski definition) is 2. The molecule has 96 valence electrons. The summed E-state index contributed by atoms with van der Waals surface area (Å²) in [5, 5.41) is 0.472. The van der Waals surface area contributed by atoms with Gasteiger partial charge in [-0.2, -0.15) is 0 Å². The summed E-state index contributed by atoms with van der Waals surface area (Å²) in [6, 6.07) is 4.58. The minimum atomic E-state index is -3.57. The lowest BCUT2D eigenvalue weighted by Gasteiger charge is -2.21. The van der Waals surface area contributed by atoms with Crippen molar-refractivity contribution in [1.82, 2.24) is 4.72 Å². The Hall–Kier alpha value is -0.620. The number of rotatable bonds is 3. The standard InChI is InChI=1S/C11H17ClN2O2S/c1-11(2,3)14-17(15,16)10-5-4-9(12)6-8(10)7-13/h4-6,14H,7,13H2,1-3H3. The van der Waals surface area contributed by atoms with Crippen molar-refractivity contribution in [2.45, 2.75) is 37.8 Å². The van der Waals surface area contributed by atoms with Crippen LogP contribution < -0.4 is 10.5 Å². The van der Waals surface area contributed by atoms with Crippen LogP contribution in [0.3, 0.4) is 0 Å². The van der Waals surface area contributed by atoms with Crippen molar-refractivity contribution in [2.75, 3.05) is 0 Å². The number of sulfonamides is 1. The minimum absolute atomic E-state index is 0.126. The van der Waals surface area contributed by atoms with Crippen LogP contribution in [0.4, 0.5) is 0 Å². The smallest absolute Gasteiger partial charge is 0.241 e. The summed E-state index contributed by atoms with van der Waals surface area (Å²) in [4.78, 5) is 0.180. The fourth-order valence-corrected chi connectivity index (χ4v) is 3.27. The Bertz CT molecular complexity index is 507. The highest BCUT2D eigenvalue weighted by molar-refractivity contribution is 7.89. The summed E-state index contributed by atoms with van der Waals surface area (Å²) in [6.07, 6.45) is 0. The zero-order chi connectivity index (χ0) is 13.3. The van der Waals surface area contributed by atoms with Gasteiger partial charge in [-0.05, 0) is 44.5 Å². The van der Waals surface area contributed by atoms with E-state index in [-0.39, 0.29) is 11.4 Å². The average molecular weight is 277 g/mol. The summed E-state index contributed by atoms with van der Waals surface area (Å²) in [5.41, 5.74) is 5.50. The molecule has 0 amide bonds. The van der Waals surface area contributed by atoms with Crippen molar-refractivity contribution in [3.05, 3.63) is 28.8 Å². The molecule has 0 bridgehead atoms. The third kappa shape index (κ3) is 3.96. The highest BCUT2D eigenvalue weighted by Crippen LogP contribution is 2.21. The van der Waals surface area contributed by atoms with Gasteiger partial charge in [-0.15, -0.1) is 0 Å². The highest BCUT2D eigenvalue weighted by atomic mass is 35.5. The third-order valence-electron chi connectivity index (χ3n) is 1.97. The monoisotopic (exact) mass is 276 g/mol. The maximum atomic E-state index is 12.1. The first-order valence-corrected chi connectivity index (χ1v) is 7.04. The lowest BCUT2D eigenvalue weighted by Crippen LogP contribution is -2.40. The van der Waals surface area contributed by atoms with Crippen molar-refractivity contribution >= 4 is 21.6 Å². The Morgan fingerprint density at radius 3 is 2.41 bits per heavy atom. The Labute approximate surface area is 107 Å². The fourth-order valence-electron chi connectivity index (χ4n) is 1.43. The molecule has 3 N–H and O–H groups in total. The second kappa shape index (κ2) is 4.94. The largest absolute Gasteiger partial charge is 0.326 e. The van der Waals surface area contributed by atoms with Gasteiger partial charge in [0.15, 0.2) is 0 Å². The summed E-state index contributed by atoms with van der Waals surface area (Å²) in [5.74, 6) is 0. The molecule has 0 unspecified atom stereocenters. The molecule has 0 spiro atoms. The quantitative estimate of drug-likeness (QED) is 0.885. The zero-order valence-electron chi connectivity index (χ0n) is 10.1. The van der Waals surface area contributed by atoms with Gasteiger partial charge in [-0.3, -0.25) is 0 Å². The topological polar surface area (TPSA) is 72.2 Å². The predicted molar refractivity (Wildman–Crippen MR) is 69.4 cm³/mol. The van der Waals surface area contributed by atoms with Crippen LogP contribution in [0, 0.1) is 0 Å². The highest BCUT2D eigenvalue weighted by Gasteiger charge is 2.24. The Morgan fingerprint density at radius 1 is 1.35 bits per heavy atom. The Kier molecular flexibility index (Phi) is 4.19. The van der Waals surface area contributed by atoms with Crippen LogP contribution >= 0.6 is 11.6 Å². The van der Waals surface area contributed by atoms with Crippen LogP contribution in [0.5, 0.6) is 0 Å². The Balaban J connectivity index is 3.24. The number of nitrogens with two attached hydrogens (primary N) is 1. The van der Waals surface area contributed by atoms with Crippen molar-refractivity contribution in [2.24, 2.45) is 5.73 Å². The van der Waals surface area contributed by atoms with Crippen molar-refractivity contribution in [1.29, 1.82) is 0 Å². The van der Waals surface area contributed by atoms with Gasteiger partial charge in [0, 0.05) is 17.1 Å². The van der Waals surface area contributed by atoms with E-state index in [0.29, 0.717) is 10.6 Å². The number of nitrogens with one attached hydrogen (secondary N) is 1. The maximum Gasteiger partial charge on any atom is 0.241 e. The van der Waals surface area contributed by atoms with E-state index in [4.69, 9.17) is 17.3 Å². The average Bonchev–Trinajstić information content (AvgIpc) is 2.13. The van der Waals surface area contributed by atoms with Gasteiger partial charge in [-0.25, -0.2) is 13.1 Å². The van der Waals surface area contributed by atoms with Crippen LogP contribution in [0.15, 0.2) is 23.1 Å². The van der Waals surface area contributed by atoms with Crippen LogP contribution in [-0.4, -0.2) is 14.0 Å². The molecular formula is C11H17ClN2O2S. The summed E-state index contributed by atoms with van der Waals surface area (Å²) < 4.78 is 26.8. The van der Waals surface area contributed by atoms with E-state index in [0.717, 1.165) is 0 Å². The van der Waals surface area contributed by atoms with E-state index in [1.54, 1.807) is 26.8 Å². The SMILES string of the molecule is CC(C)(C)NS(=O)(=O)c1ccc(Cl)cc1CN. The molecule has 0 heterocycles. The summed E-state index contributed by atoms with van der Waals surface area (Å²) in [6.45, 7) is 5.47. The minimum Gasteiger partial charge on any atom is -0.326 e. The summed E-state index contributed by atoms with van der Waals surface area (Å²) in [7, 11) is -3.57. The van der Waals surface area contributed by atoms with Crippen molar-refractivity contribution in [3.8, 4) is 0 Å². The molecule has 1 rings (SSSR count). The van der Waals surface area contributed by atoms with E-state index in [9.17, 15) is 8.42 Å². The second-order valence-electron chi connectivity index (χ2n) is 4.81. The summed E-state index contributed by atoms with van der Waals surface area (Å²) >= 11 is 5.81. The van der Waals surface area contributed by atoms with Crippen molar-refractivity contribution in [3.63, 3.8) is 0 Å². The van der Waals surface area contributed by atoms with Crippen molar-refractivity contribution < 1.29 is 8.42 Å². The van der Waals surface area contributed by atoms with Crippen LogP contribution in [0.2, 0.25) is 5.02 Å². The van der Waals surface area contributed by atoms with E-state index < -0.39 is 15.6 Å². The van der Waals surface area contributed by atoms with Crippen LogP contribution in [-0.2, 0) is 16.6 Å². The lowest BCUT2D eigenvalue weighted by molar-refractivity contribution is 0.491. The van der Waals surface area contributed by atoms with E-state index >= 15 is 0 Å². The van der Waals surface area contributed by atoms with Gasteiger partial charge in [0.1, 0.15) is 0 Å². The molecule has 17 heavy (non-hydrogen) atoms. The normalized spacial score (nSPS) is 12.8. The molecular weight excluding hydrogens is 260 g/mol. The first-order valence-electron chi connectivity index (χ1n) is 5.18. The Morgan fingerprint density at radius 2 is 1.94 bits per heavy atom. The molecule has 0 aliphatic carbocycles. The van der Waals surface area contributed by atoms with Gasteiger partial charge < -0.3 is 5.73 Å². The molecule has 0 aliphatic rings. The molecule has 1 aromatic rings.